The standard InChI is InChI=1S/C10H18N2O2S/c1-8(7-15-6-5-11)12-9(13)14-10(2,3)4/h8H,6-7H2,1-4H3,(H,12,13). The van der Waals surface area contributed by atoms with Crippen molar-refractivity contribution in [3.05, 3.63) is 0 Å². The van der Waals surface area contributed by atoms with E-state index in [1.54, 1.807) is 0 Å². The van der Waals surface area contributed by atoms with Crippen LogP contribution in [-0.4, -0.2) is 29.2 Å². The lowest BCUT2D eigenvalue weighted by Crippen LogP contribution is -2.38. The summed E-state index contributed by atoms with van der Waals surface area (Å²) in [7, 11) is 0. The van der Waals surface area contributed by atoms with Gasteiger partial charge in [-0.1, -0.05) is 0 Å². The lowest BCUT2D eigenvalue weighted by atomic mass is 10.2. The Morgan fingerprint density at radius 3 is 2.67 bits per heavy atom. The minimum Gasteiger partial charge on any atom is -0.444 e. The highest BCUT2D eigenvalue weighted by Gasteiger charge is 2.17. The number of thioether (sulfide) groups is 1. The first-order chi connectivity index (χ1) is 6.85. The number of hydrogen-bond acceptors (Lipinski definition) is 4. The van der Waals surface area contributed by atoms with Crippen molar-refractivity contribution in [1.29, 1.82) is 5.26 Å². The number of alkyl carbamates (subject to hydrolysis) is 1. The SMILES string of the molecule is CC(CSCC#N)NC(=O)OC(C)(C)C. The first kappa shape index (κ1) is 14.1. The number of nitrogens with zero attached hydrogens (tertiary/aromatic N) is 1. The fraction of sp³-hybridized carbons (Fsp3) is 0.800. The van der Waals surface area contributed by atoms with Gasteiger partial charge in [0.25, 0.3) is 0 Å². The fourth-order valence-corrected chi connectivity index (χ4v) is 1.48. The fourth-order valence-electron chi connectivity index (χ4n) is 0.832. The molecule has 4 nitrogen and oxygen atoms in total. The second-order valence-electron chi connectivity index (χ2n) is 4.22. The van der Waals surface area contributed by atoms with Crippen LogP contribution in [0.25, 0.3) is 0 Å². The molecular weight excluding hydrogens is 212 g/mol. The highest BCUT2D eigenvalue weighted by molar-refractivity contribution is 7.99. The van der Waals surface area contributed by atoms with E-state index in [2.05, 4.69) is 5.32 Å². The maximum atomic E-state index is 11.3. The van der Waals surface area contributed by atoms with Gasteiger partial charge in [-0.3, -0.25) is 0 Å². The van der Waals surface area contributed by atoms with E-state index in [1.165, 1.54) is 11.8 Å². The van der Waals surface area contributed by atoms with Crippen molar-refractivity contribution in [2.24, 2.45) is 0 Å². The normalized spacial score (nSPS) is 12.7. The monoisotopic (exact) mass is 230 g/mol. The van der Waals surface area contributed by atoms with Crippen molar-refractivity contribution in [2.75, 3.05) is 11.5 Å². The van der Waals surface area contributed by atoms with E-state index in [0.717, 1.165) is 0 Å². The molecule has 0 aliphatic carbocycles. The van der Waals surface area contributed by atoms with Crippen molar-refractivity contribution < 1.29 is 9.53 Å². The van der Waals surface area contributed by atoms with Gasteiger partial charge in [0.1, 0.15) is 5.60 Å². The third-order valence-electron chi connectivity index (χ3n) is 1.30. The quantitative estimate of drug-likeness (QED) is 0.752. The number of nitrogens with one attached hydrogen (secondary N) is 1. The highest BCUT2D eigenvalue weighted by atomic mass is 32.2. The molecule has 5 heteroatoms. The van der Waals surface area contributed by atoms with E-state index < -0.39 is 11.7 Å². The molecule has 1 N–H and O–H groups in total. The summed E-state index contributed by atoms with van der Waals surface area (Å²) in [6, 6.07) is 2.05. The maximum absolute atomic E-state index is 11.3. The largest absolute Gasteiger partial charge is 0.444 e. The Bertz CT molecular complexity index is 243. The van der Waals surface area contributed by atoms with Gasteiger partial charge >= 0.3 is 6.09 Å². The number of ether oxygens (including phenoxy) is 1. The third kappa shape index (κ3) is 9.42. The summed E-state index contributed by atoms with van der Waals surface area (Å²) in [5, 5.41) is 11.0. The predicted molar refractivity (Wildman–Crippen MR) is 61.8 cm³/mol. The van der Waals surface area contributed by atoms with Crippen LogP contribution in [0.4, 0.5) is 4.79 Å². The van der Waals surface area contributed by atoms with E-state index in [-0.39, 0.29) is 6.04 Å². The van der Waals surface area contributed by atoms with Crippen molar-refractivity contribution in [3.63, 3.8) is 0 Å². The van der Waals surface area contributed by atoms with Gasteiger partial charge in [0.15, 0.2) is 0 Å². The zero-order chi connectivity index (χ0) is 11.9. The van der Waals surface area contributed by atoms with E-state index in [1.807, 2.05) is 33.8 Å². The molecule has 0 bridgehead atoms. The Morgan fingerprint density at radius 2 is 2.20 bits per heavy atom. The predicted octanol–water partition coefficient (Wildman–Crippen LogP) is 2.16. The van der Waals surface area contributed by atoms with Crippen LogP contribution in [0.15, 0.2) is 0 Å². The molecule has 0 aromatic rings. The second kappa shape index (κ2) is 6.57. The van der Waals surface area contributed by atoms with Gasteiger partial charge in [-0.15, -0.1) is 11.8 Å². The Balaban J connectivity index is 3.73. The van der Waals surface area contributed by atoms with Crippen LogP contribution in [0, 0.1) is 11.3 Å². The molecule has 1 atom stereocenters. The van der Waals surface area contributed by atoms with Gasteiger partial charge in [0.2, 0.25) is 0 Å². The maximum Gasteiger partial charge on any atom is 0.407 e. The molecule has 86 valence electrons. The van der Waals surface area contributed by atoms with Crippen LogP contribution < -0.4 is 5.32 Å². The van der Waals surface area contributed by atoms with E-state index in [4.69, 9.17) is 10.00 Å². The zero-order valence-electron chi connectivity index (χ0n) is 9.66. The number of nitriles is 1. The van der Waals surface area contributed by atoms with Gasteiger partial charge in [-0.2, -0.15) is 5.26 Å². The number of hydrogen-bond donors (Lipinski definition) is 1. The third-order valence-corrected chi connectivity index (χ3v) is 2.37. The molecule has 0 fully saturated rings. The Kier molecular flexibility index (Phi) is 6.18. The Hall–Kier alpha value is -0.890. The molecule has 1 unspecified atom stereocenters. The van der Waals surface area contributed by atoms with Crippen LogP contribution in [0.5, 0.6) is 0 Å². The van der Waals surface area contributed by atoms with Crippen molar-refractivity contribution in [3.8, 4) is 6.07 Å². The van der Waals surface area contributed by atoms with Gasteiger partial charge in [0.05, 0.1) is 11.8 Å². The summed E-state index contributed by atoms with van der Waals surface area (Å²) in [6.45, 7) is 7.35. The van der Waals surface area contributed by atoms with Gasteiger partial charge in [-0.25, -0.2) is 4.79 Å². The van der Waals surface area contributed by atoms with Crippen molar-refractivity contribution in [1.82, 2.24) is 5.32 Å². The molecule has 0 radical (unpaired) electrons. The van der Waals surface area contributed by atoms with E-state index in [0.29, 0.717) is 11.5 Å². The molecule has 0 aromatic heterocycles. The average molecular weight is 230 g/mol. The lowest BCUT2D eigenvalue weighted by Gasteiger charge is -2.21. The van der Waals surface area contributed by atoms with Crippen LogP contribution in [-0.2, 0) is 4.74 Å². The van der Waals surface area contributed by atoms with Crippen LogP contribution >= 0.6 is 11.8 Å². The van der Waals surface area contributed by atoms with E-state index in [9.17, 15) is 4.79 Å². The number of carbonyl (C=O) groups excluding carboxylic acids is 1. The molecule has 15 heavy (non-hydrogen) atoms. The molecule has 0 saturated heterocycles. The summed E-state index contributed by atoms with van der Waals surface area (Å²) < 4.78 is 5.09. The Labute approximate surface area is 95.4 Å². The van der Waals surface area contributed by atoms with Gasteiger partial charge in [-0.05, 0) is 27.7 Å². The summed E-state index contributed by atoms with van der Waals surface area (Å²) in [5.74, 6) is 1.16. The number of rotatable bonds is 4. The molecule has 0 heterocycles. The minimum atomic E-state index is -0.469. The molecule has 0 aromatic carbocycles. The zero-order valence-corrected chi connectivity index (χ0v) is 10.5. The summed E-state index contributed by atoms with van der Waals surface area (Å²) in [6.07, 6.45) is -0.410. The number of amides is 1. The second-order valence-corrected chi connectivity index (χ2v) is 5.25. The smallest absolute Gasteiger partial charge is 0.407 e. The van der Waals surface area contributed by atoms with Crippen LogP contribution in [0.1, 0.15) is 27.7 Å². The molecule has 0 aliphatic rings. The summed E-state index contributed by atoms with van der Waals surface area (Å²) >= 11 is 1.49. The minimum absolute atomic E-state index is 0.0122. The molecule has 1 amide bonds. The summed E-state index contributed by atoms with van der Waals surface area (Å²) in [4.78, 5) is 11.3. The van der Waals surface area contributed by atoms with E-state index >= 15 is 0 Å². The Morgan fingerprint density at radius 1 is 1.60 bits per heavy atom. The summed E-state index contributed by atoms with van der Waals surface area (Å²) in [5.41, 5.74) is -0.469. The average Bonchev–Trinajstić information content (AvgIpc) is 2.00. The van der Waals surface area contributed by atoms with Gasteiger partial charge < -0.3 is 10.1 Å². The number of carbonyl (C=O) groups is 1. The van der Waals surface area contributed by atoms with Crippen LogP contribution in [0.3, 0.4) is 0 Å². The first-order valence-corrected chi connectivity index (χ1v) is 5.95. The lowest BCUT2D eigenvalue weighted by molar-refractivity contribution is 0.0513. The van der Waals surface area contributed by atoms with Crippen molar-refractivity contribution >= 4 is 17.9 Å². The first-order valence-electron chi connectivity index (χ1n) is 4.79. The highest BCUT2D eigenvalue weighted by Crippen LogP contribution is 2.07. The van der Waals surface area contributed by atoms with Crippen LogP contribution in [0.2, 0.25) is 0 Å². The van der Waals surface area contributed by atoms with Crippen molar-refractivity contribution in [2.45, 2.75) is 39.3 Å². The topological polar surface area (TPSA) is 62.1 Å². The molecule has 0 aliphatic heterocycles. The molecule has 0 saturated carbocycles. The molecule has 0 rings (SSSR count). The van der Waals surface area contributed by atoms with Gasteiger partial charge in [0, 0.05) is 11.8 Å². The molecule has 0 spiro atoms. The molecular formula is C10H18N2O2S.